The van der Waals surface area contributed by atoms with E-state index in [0.29, 0.717) is 37.3 Å². The number of hydrogen-bond acceptors (Lipinski definition) is 7. The molecule has 118 valence electrons. The van der Waals surface area contributed by atoms with Crippen LogP contribution in [0.5, 0.6) is 0 Å². The summed E-state index contributed by atoms with van der Waals surface area (Å²) < 4.78 is 16.4. The van der Waals surface area contributed by atoms with Crippen LogP contribution in [-0.4, -0.2) is 47.6 Å². The summed E-state index contributed by atoms with van der Waals surface area (Å²) in [5.41, 5.74) is 0.569. The first kappa shape index (κ1) is 14.9. The summed E-state index contributed by atoms with van der Waals surface area (Å²) in [6.45, 7) is 3.88. The lowest BCUT2D eigenvalue weighted by atomic mass is 9.94. The molecule has 7 nitrogen and oxygen atoms in total. The van der Waals surface area contributed by atoms with Gasteiger partial charge in [0.05, 0.1) is 11.2 Å². The Bertz CT molecular complexity index is 623. The topological polar surface area (TPSA) is 82.3 Å². The number of aromatic nitrogens is 3. The summed E-state index contributed by atoms with van der Waals surface area (Å²) in [5, 5.41) is 7.19. The minimum absolute atomic E-state index is 0.224. The molecule has 0 atom stereocenters. The van der Waals surface area contributed by atoms with Crippen LogP contribution in [0.2, 0.25) is 0 Å². The summed E-state index contributed by atoms with van der Waals surface area (Å²) in [6.07, 6.45) is 3.45. The van der Waals surface area contributed by atoms with Crippen LogP contribution in [0.15, 0.2) is 22.9 Å². The molecule has 0 bridgehead atoms. The molecule has 1 aliphatic rings. The van der Waals surface area contributed by atoms with Crippen molar-refractivity contribution >= 4 is 5.82 Å². The van der Waals surface area contributed by atoms with Crippen LogP contribution in [-0.2, 0) is 9.47 Å². The van der Waals surface area contributed by atoms with Gasteiger partial charge in [0.25, 0.3) is 5.89 Å². The third kappa shape index (κ3) is 3.10. The molecule has 2 aromatic rings. The van der Waals surface area contributed by atoms with E-state index in [1.54, 1.807) is 20.2 Å². The zero-order valence-corrected chi connectivity index (χ0v) is 12.8. The van der Waals surface area contributed by atoms with Gasteiger partial charge in [-0.1, -0.05) is 5.16 Å². The van der Waals surface area contributed by atoms with Crippen LogP contribution in [0, 0.1) is 6.92 Å². The zero-order valence-electron chi connectivity index (χ0n) is 12.8. The number of methoxy groups -OCH3 is 1. The molecule has 0 spiro atoms. The van der Waals surface area contributed by atoms with Gasteiger partial charge < -0.3 is 19.3 Å². The van der Waals surface area contributed by atoms with Crippen molar-refractivity contribution in [1.29, 1.82) is 0 Å². The molecule has 0 aliphatic carbocycles. The van der Waals surface area contributed by atoms with Gasteiger partial charge >= 0.3 is 0 Å². The number of pyridine rings is 1. The molecule has 0 saturated carbocycles. The van der Waals surface area contributed by atoms with E-state index in [-0.39, 0.29) is 5.60 Å². The zero-order chi connectivity index (χ0) is 15.4. The molecule has 0 amide bonds. The van der Waals surface area contributed by atoms with Gasteiger partial charge in [0, 0.05) is 45.9 Å². The average Bonchev–Trinajstić information content (AvgIpc) is 3.00. The molecule has 1 saturated heterocycles. The van der Waals surface area contributed by atoms with Gasteiger partial charge in [-0.05, 0) is 19.1 Å². The standard InChI is InChI=1S/C15H20N4O3/c1-11-18-14(22-19-11)12-4-3-7-16-13(12)17-10-15(20-2)5-8-21-9-6-15/h3-4,7H,5-6,8-10H2,1-2H3,(H,16,17). The molecule has 3 heterocycles. The van der Waals surface area contributed by atoms with Gasteiger partial charge in [0.1, 0.15) is 5.82 Å². The Morgan fingerprint density at radius 2 is 2.18 bits per heavy atom. The molecule has 3 rings (SSSR count). The van der Waals surface area contributed by atoms with Crippen molar-refractivity contribution in [3.05, 3.63) is 24.2 Å². The van der Waals surface area contributed by atoms with E-state index in [4.69, 9.17) is 14.0 Å². The monoisotopic (exact) mass is 304 g/mol. The number of anilines is 1. The van der Waals surface area contributed by atoms with E-state index in [1.165, 1.54) is 0 Å². The third-order valence-corrected chi connectivity index (χ3v) is 3.98. The second kappa shape index (κ2) is 6.41. The Morgan fingerprint density at radius 1 is 1.36 bits per heavy atom. The van der Waals surface area contributed by atoms with Crippen molar-refractivity contribution in [2.75, 3.05) is 32.2 Å². The second-order valence-electron chi connectivity index (χ2n) is 5.40. The van der Waals surface area contributed by atoms with Gasteiger partial charge in [-0.2, -0.15) is 4.98 Å². The van der Waals surface area contributed by atoms with Gasteiger partial charge in [0.2, 0.25) is 0 Å². The number of rotatable bonds is 5. The number of hydrogen-bond donors (Lipinski definition) is 1. The van der Waals surface area contributed by atoms with Crippen molar-refractivity contribution < 1.29 is 14.0 Å². The predicted molar refractivity (Wildman–Crippen MR) is 80.5 cm³/mol. The van der Waals surface area contributed by atoms with E-state index in [1.807, 2.05) is 12.1 Å². The Hall–Kier alpha value is -1.99. The van der Waals surface area contributed by atoms with Gasteiger partial charge in [0.15, 0.2) is 5.82 Å². The van der Waals surface area contributed by atoms with E-state index >= 15 is 0 Å². The number of nitrogens with zero attached hydrogens (tertiary/aromatic N) is 3. The molecule has 0 aromatic carbocycles. The van der Waals surface area contributed by atoms with Gasteiger partial charge in [-0.15, -0.1) is 0 Å². The highest BCUT2D eigenvalue weighted by Gasteiger charge is 2.32. The summed E-state index contributed by atoms with van der Waals surface area (Å²) >= 11 is 0. The van der Waals surface area contributed by atoms with Crippen molar-refractivity contribution in [3.63, 3.8) is 0 Å². The van der Waals surface area contributed by atoms with E-state index in [9.17, 15) is 0 Å². The number of ether oxygens (including phenoxy) is 2. The SMILES string of the molecule is COC1(CNc2ncccc2-c2nc(C)no2)CCOCC1. The Labute approximate surface area is 129 Å². The quantitative estimate of drug-likeness (QED) is 0.905. The highest BCUT2D eigenvalue weighted by Crippen LogP contribution is 2.28. The van der Waals surface area contributed by atoms with E-state index in [0.717, 1.165) is 18.4 Å². The third-order valence-electron chi connectivity index (χ3n) is 3.98. The Balaban J connectivity index is 1.78. The molecule has 1 aliphatic heterocycles. The van der Waals surface area contributed by atoms with Gasteiger partial charge in [-0.3, -0.25) is 0 Å². The summed E-state index contributed by atoms with van der Waals surface area (Å²) in [7, 11) is 1.74. The molecule has 22 heavy (non-hydrogen) atoms. The predicted octanol–water partition coefficient (Wildman–Crippen LogP) is 2.05. The van der Waals surface area contributed by atoms with Crippen molar-refractivity contribution in [2.24, 2.45) is 0 Å². The van der Waals surface area contributed by atoms with Crippen LogP contribution in [0.1, 0.15) is 18.7 Å². The van der Waals surface area contributed by atoms with Crippen molar-refractivity contribution in [2.45, 2.75) is 25.4 Å². The smallest absolute Gasteiger partial charge is 0.261 e. The van der Waals surface area contributed by atoms with E-state index < -0.39 is 0 Å². The maximum Gasteiger partial charge on any atom is 0.261 e. The lowest BCUT2D eigenvalue weighted by Gasteiger charge is -2.36. The van der Waals surface area contributed by atoms with Crippen molar-refractivity contribution in [1.82, 2.24) is 15.1 Å². The first-order valence-corrected chi connectivity index (χ1v) is 7.35. The van der Waals surface area contributed by atoms with Crippen LogP contribution >= 0.6 is 0 Å². The van der Waals surface area contributed by atoms with Crippen LogP contribution < -0.4 is 5.32 Å². The highest BCUT2D eigenvalue weighted by atomic mass is 16.5. The van der Waals surface area contributed by atoms with Crippen LogP contribution in [0.3, 0.4) is 0 Å². The normalized spacial score (nSPS) is 17.4. The van der Waals surface area contributed by atoms with Crippen LogP contribution in [0.4, 0.5) is 5.82 Å². The highest BCUT2D eigenvalue weighted by molar-refractivity contribution is 5.68. The first-order valence-electron chi connectivity index (χ1n) is 7.35. The lowest BCUT2D eigenvalue weighted by molar-refractivity contribution is -0.0807. The molecule has 7 heteroatoms. The minimum atomic E-state index is -0.224. The Kier molecular flexibility index (Phi) is 4.35. The minimum Gasteiger partial charge on any atom is -0.381 e. The Morgan fingerprint density at radius 3 is 2.86 bits per heavy atom. The molecule has 0 unspecified atom stereocenters. The lowest BCUT2D eigenvalue weighted by Crippen LogP contribution is -2.44. The van der Waals surface area contributed by atoms with Crippen molar-refractivity contribution in [3.8, 4) is 11.5 Å². The molecular formula is C15H20N4O3. The fourth-order valence-corrected chi connectivity index (χ4v) is 2.57. The molecule has 2 aromatic heterocycles. The molecule has 1 N–H and O–H groups in total. The molecule has 1 fully saturated rings. The number of nitrogens with one attached hydrogen (secondary N) is 1. The van der Waals surface area contributed by atoms with E-state index in [2.05, 4.69) is 20.4 Å². The molecule has 0 radical (unpaired) electrons. The summed E-state index contributed by atoms with van der Waals surface area (Å²) in [4.78, 5) is 8.65. The maximum atomic E-state index is 5.73. The van der Waals surface area contributed by atoms with Crippen LogP contribution in [0.25, 0.3) is 11.5 Å². The maximum absolute atomic E-state index is 5.73. The number of aryl methyl sites for hydroxylation is 1. The fraction of sp³-hybridized carbons (Fsp3) is 0.533. The summed E-state index contributed by atoms with van der Waals surface area (Å²) in [5.74, 6) is 1.78. The largest absolute Gasteiger partial charge is 0.381 e. The average molecular weight is 304 g/mol. The fourth-order valence-electron chi connectivity index (χ4n) is 2.57. The second-order valence-corrected chi connectivity index (χ2v) is 5.40. The first-order chi connectivity index (χ1) is 10.7. The summed E-state index contributed by atoms with van der Waals surface area (Å²) in [6, 6.07) is 3.76. The van der Waals surface area contributed by atoms with Gasteiger partial charge in [-0.25, -0.2) is 4.98 Å². The molecular weight excluding hydrogens is 284 g/mol.